The minimum absolute atomic E-state index is 0.0340. The molecule has 2 rings (SSSR count). The molecule has 1 aromatic carbocycles. The van der Waals surface area contributed by atoms with Crippen LogP contribution in [-0.4, -0.2) is 49.4 Å². The first-order valence-corrected chi connectivity index (χ1v) is 6.71. The van der Waals surface area contributed by atoms with Gasteiger partial charge in [-0.2, -0.15) is 0 Å². The summed E-state index contributed by atoms with van der Waals surface area (Å²) in [6, 6.07) is 8.47. The first-order chi connectivity index (χ1) is 10.9. The largest absolute Gasteiger partial charge is 0.566 e. The fraction of sp³-hybridized carbons (Fsp3) is 0.0714. The molecule has 0 atom stereocenters. The molecule has 2 aromatic rings. The van der Waals surface area contributed by atoms with Crippen LogP contribution in [-0.2, 0) is 4.79 Å². The molecule has 0 spiro atoms. The van der Waals surface area contributed by atoms with Crippen LogP contribution in [0.15, 0.2) is 36.5 Å². The molecule has 0 saturated carbocycles. The highest BCUT2D eigenvalue weighted by Gasteiger charge is 2.20. The zero-order valence-electron chi connectivity index (χ0n) is 11.8. The Labute approximate surface area is 139 Å². The van der Waals surface area contributed by atoms with Crippen molar-refractivity contribution in [1.29, 1.82) is 0 Å². The number of nitrogens with zero attached hydrogens (tertiary/aromatic N) is 2. The molecule has 0 aliphatic carbocycles. The van der Waals surface area contributed by atoms with Gasteiger partial charge < -0.3 is 14.6 Å². The smallest absolute Gasteiger partial charge is 0.374 e. The van der Waals surface area contributed by atoms with Crippen LogP contribution in [0.3, 0.4) is 0 Å². The Bertz CT molecular complexity index is 757. The Morgan fingerprint density at radius 1 is 1.30 bits per heavy atom. The maximum atomic E-state index is 12.1. The molecule has 112 valence electrons. The molecule has 0 saturated heterocycles. The monoisotopic (exact) mass is 326 g/mol. The molecule has 0 unspecified atom stereocenters. The van der Waals surface area contributed by atoms with E-state index in [0.29, 0.717) is 15.4 Å². The van der Waals surface area contributed by atoms with Crippen molar-refractivity contribution < 1.29 is 19.3 Å². The minimum atomic E-state index is -1.26. The number of amides is 1. The van der Waals surface area contributed by atoms with Crippen LogP contribution in [0.25, 0.3) is 11.1 Å². The van der Waals surface area contributed by atoms with Crippen LogP contribution < -0.4 is 4.65 Å². The SMILES string of the molecule is [B]Oc1cc(-c2cccc(Cl)c2)cnc1C(=O)N([B])CC(=O)O. The van der Waals surface area contributed by atoms with E-state index in [4.69, 9.17) is 32.7 Å². The molecule has 0 aliphatic heterocycles. The second-order valence-corrected chi connectivity index (χ2v) is 4.96. The maximum absolute atomic E-state index is 12.1. The predicted octanol–water partition coefficient (Wildman–Crippen LogP) is 1.47. The third-order valence-corrected chi connectivity index (χ3v) is 3.14. The zero-order valence-corrected chi connectivity index (χ0v) is 12.5. The highest BCUT2D eigenvalue weighted by molar-refractivity contribution is 6.30. The van der Waals surface area contributed by atoms with Crippen LogP contribution >= 0.6 is 11.6 Å². The Morgan fingerprint density at radius 3 is 2.65 bits per heavy atom. The molecular weight excluding hydrogens is 317 g/mol. The number of aliphatic carboxylic acids is 1. The fourth-order valence-electron chi connectivity index (χ4n) is 1.87. The van der Waals surface area contributed by atoms with Gasteiger partial charge in [0.05, 0.1) is 0 Å². The second-order valence-electron chi connectivity index (χ2n) is 4.53. The van der Waals surface area contributed by atoms with Crippen molar-refractivity contribution in [3.05, 3.63) is 47.2 Å². The lowest BCUT2D eigenvalue weighted by atomic mass is 10.1. The van der Waals surface area contributed by atoms with Crippen molar-refractivity contribution in [1.82, 2.24) is 9.79 Å². The molecular formula is C14H9B2ClN2O4. The minimum Gasteiger partial charge on any atom is -0.566 e. The molecule has 9 heteroatoms. The maximum Gasteiger partial charge on any atom is 0.374 e. The lowest BCUT2D eigenvalue weighted by molar-refractivity contribution is -0.136. The number of hydrogen-bond donors (Lipinski definition) is 1. The number of carboxylic acids is 1. The number of benzene rings is 1. The summed E-state index contributed by atoms with van der Waals surface area (Å²) in [5.41, 5.74) is 1.17. The van der Waals surface area contributed by atoms with E-state index in [0.717, 1.165) is 5.56 Å². The van der Waals surface area contributed by atoms with Crippen molar-refractivity contribution in [2.75, 3.05) is 6.54 Å². The lowest BCUT2D eigenvalue weighted by Crippen LogP contribution is -2.34. The summed E-state index contributed by atoms with van der Waals surface area (Å²) in [5, 5.41) is 9.20. The summed E-state index contributed by atoms with van der Waals surface area (Å²) in [6.07, 6.45) is 1.41. The number of hydrogen-bond acceptors (Lipinski definition) is 4. The van der Waals surface area contributed by atoms with Crippen LogP contribution in [0.5, 0.6) is 5.75 Å². The lowest BCUT2D eigenvalue weighted by Gasteiger charge is -2.17. The number of aromatic nitrogens is 1. The topological polar surface area (TPSA) is 79.7 Å². The van der Waals surface area contributed by atoms with Gasteiger partial charge in [-0.15, -0.1) is 0 Å². The summed E-state index contributed by atoms with van der Waals surface area (Å²) < 4.78 is 4.67. The first kappa shape index (κ1) is 16.9. The zero-order chi connectivity index (χ0) is 17.0. The summed E-state index contributed by atoms with van der Waals surface area (Å²) in [6.45, 7) is -0.680. The van der Waals surface area contributed by atoms with Crippen LogP contribution in [0, 0.1) is 0 Å². The van der Waals surface area contributed by atoms with Crippen LogP contribution in [0.2, 0.25) is 5.02 Å². The highest BCUT2D eigenvalue weighted by atomic mass is 35.5. The fourth-order valence-corrected chi connectivity index (χ4v) is 2.06. The van der Waals surface area contributed by atoms with Crippen LogP contribution in [0.4, 0.5) is 0 Å². The number of halogens is 1. The molecule has 0 bridgehead atoms. The van der Waals surface area contributed by atoms with Crippen molar-refractivity contribution in [2.24, 2.45) is 0 Å². The van der Waals surface area contributed by atoms with E-state index < -0.39 is 18.4 Å². The predicted molar refractivity (Wildman–Crippen MR) is 85.5 cm³/mol. The van der Waals surface area contributed by atoms with E-state index in [1.165, 1.54) is 12.3 Å². The van der Waals surface area contributed by atoms with E-state index in [2.05, 4.69) is 9.64 Å². The molecule has 6 nitrogen and oxygen atoms in total. The Kier molecular flexibility index (Phi) is 5.28. The molecule has 0 aliphatic rings. The Morgan fingerprint density at radius 2 is 2.04 bits per heavy atom. The number of rotatable bonds is 5. The molecule has 1 amide bonds. The molecule has 1 aromatic heterocycles. The van der Waals surface area contributed by atoms with Gasteiger partial charge in [0.15, 0.2) is 5.69 Å². The first-order valence-electron chi connectivity index (χ1n) is 6.33. The normalized spacial score (nSPS) is 10.1. The van der Waals surface area contributed by atoms with Gasteiger partial charge in [0.25, 0.3) is 5.91 Å². The van der Waals surface area contributed by atoms with E-state index >= 15 is 0 Å². The van der Waals surface area contributed by atoms with Crippen molar-refractivity contribution >= 4 is 39.5 Å². The Balaban J connectivity index is 2.37. The third kappa shape index (κ3) is 4.04. The number of pyridine rings is 1. The van der Waals surface area contributed by atoms with Gasteiger partial charge in [0.2, 0.25) is 7.98 Å². The van der Waals surface area contributed by atoms with Gasteiger partial charge in [0.1, 0.15) is 12.3 Å². The van der Waals surface area contributed by atoms with Gasteiger partial charge >= 0.3 is 14.0 Å². The molecule has 1 N–H and O–H groups in total. The highest BCUT2D eigenvalue weighted by Crippen LogP contribution is 2.27. The Hall–Kier alpha value is -2.47. The van der Waals surface area contributed by atoms with Gasteiger partial charge in [-0.3, -0.25) is 9.59 Å². The summed E-state index contributed by atoms with van der Waals surface area (Å²) in [7, 11) is 10.6. The molecule has 23 heavy (non-hydrogen) atoms. The quantitative estimate of drug-likeness (QED) is 0.842. The van der Waals surface area contributed by atoms with E-state index in [1.807, 2.05) is 0 Å². The third-order valence-electron chi connectivity index (χ3n) is 2.91. The number of carbonyl (C=O) groups excluding carboxylic acids is 1. The number of carboxylic acid groups (broad SMARTS) is 1. The summed E-state index contributed by atoms with van der Waals surface area (Å²) in [5.74, 6) is -2.12. The van der Waals surface area contributed by atoms with Crippen LogP contribution in [0.1, 0.15) is 10.5 Å². The summed E-state index contributed by atoms with van der Waals surface area (Å²) >= 11 is 5.93. The number of carbonyl (C=O) groups is 2. The second kappa shape index (κ2) is 7.19. The average Bonchev–Trinajstić information content (AvgIpc) is 2.53. The van der Waals surface area contributed by atoms with Gasteiger partial charge in [-0.1, -0.05) is 23.7 Å². The molecule has 4 radical (unpaired) electrons. The van der Waals surface area contributed by atoms with Gasteiger partial charge in [-0.25, -0.2) is 4.98 Å². The van der Waals surface area contributed by atoms with Gasteiger partial charge in [-0.05, 0) is 23.8 Å². The van der Waals surface area contributed by atoms with Crippen molar-refractivity contribution in [2.45, 2.75) is 0 Å². The van der Waals surface area contributed by atoms with E-state index in [-0.39, 0.29) is 11.4 Å². The average molecular weight is 326 g/mol. The van der Waals surface area contributed by atoms with E-state index in [9.17, 15) is 9.59 Å². The van der Waals surface area contributed by atoms with E-state index in [1.54, 1.807) is 24.3 Å². The van der Waals surface area contributed by atoms with Crippen molar-refractivity contribution in [3.8, 4) is 16.9 Å². The van der Waals surface area contributed by atoms with Gasteiger partial charge in [0, 0.05) is 16.8 Å². The molecule has 0 fully saturated rings. The summed E-state index contributed by atoms with van der Waals surface area (Å²) in [4.78, 5) is 27.2. The van der Waals surface area contributed by atoms with Crippen molar-refractivity contribution in [3.63, 3.8) is 0 Å². The molecule has 1 heterocycles. The standard InChI is InChI=1S/C14H9B2ClN2O4/c15-19(7-12(20)21)14(22)13-11(23-16)5-9(6-18-13)8-2-1-3-10(17)4-8/h1-6H,7H2,(H,20,21).